The maximum atomic E-state index is 12.5. The lowest BCUT2D eigenvalue weighted by molar-refractivity contribution is 0.0929. The third-order valence-electron chi connectivity index (χ3n) is 3.39. The molecular weight excluding hydrogens is 294 g/mol. The molecule has 1 aliphatic rings. The van der Waals surface area contributed by atoms with Gasteiger partial charge in [0.25, 0.3) is 0 Å². The van der Waals surface area contributed by atoms with Crippen LogP contribution in [-0.4, -0.2) is 28.3 Å². The number of aromatic amines is 1. The fraction of sp³-hybridized carbons (Fsp3) is 0.385. The normalized spacial score (nSPS) is 20.2. The largest absolute Gasteiger partial charge is 0.345 e. The minimum atomic E-state index is -0.0447. The number of nitrogens with zero attached hydrogens (tertiary/aromatic N) is 1. The first-order valence-corrected chi connectivity index (χ1v) is 6.95. The number of carbonyl (C=O) groups excluding carboxylic acids is 1. The van der Waals surface area contributed by atoms with Crippen LogP contribution in [-0.2, 0) is 0 Å². The molecule has 0 amide bonds. The van der Waals surface area contributed by atoms with E-state index in [1.807, 2.05) is 6.07 Å². The molecule has 2 N–H and O–H groups in total. The van der Waals surface area contributed by atoms with E-state index >= 15 is 0 Å². The van der Waals surface area contributed by atoms with Gasteiger partial charge in [-0.15, -0.1) is 0 Å². The number of hydrogen-bond acceptors (Lipinski definition) is 3. The van der Waals surface area contributed by atoms with Crippen molar-refractivity contribution in [1.82, 2.24) is 15.3 Å². The van der Waals surface area contributed by atoms with Crippen molar-refractivity contribution in [3.05, 3.63) is 28.5 Å². The molecule has 1 aliphatic heterocycles. The SMILES string of the molecule is O=C(c1c[nH]c2ncc(Br)cc12)C1CCCCN1. The Morgan fingerprint density at radius 1 is 1.44 bits per heavy atom. The van der Waals surface area contributed by atoms with Gasteiger partial charge >= 0.3 is 0 Å². The van der Waals surface area contributed by atoms with Gasteiger partial charge in [-0.2, -0.15) is 0 Å². The molecule has 3 rings (SSSR count). The van der Waals surface area contributed by atoms with Crippen molar-refractivity contribution in [2.24, 2.45) is 0 Å². The number of ketones is 1. The lowest BCUT2D eigenvalue weighted by atomic mass is 9.96. The van der Waals surface area contributed by atoms with Crippen molar-refractivity contribution in [2.75, 3.05) is 6.54 Å². The number of piperidine rings is 1. The molecule has 94 valence electrons. The number of hydrogen-bond donors (Lipinski definition) is 2. The van der Waals surface area contributed by atoms with Gasteiger partial charge in [-0.3, -0.25) is 4.79 Å². The van der Waals surface area contributed by atoms with Crippen LogP contribution in [0.3, 0.4) is 0 Å². The predicted octanol–water partition coefficient (Wildman–Crippen LogP) is 2.65. The number of carbonyl (C=O) groups is 1. The van der Waals surface area contributed by atoms with Gasteiger partial charge in [0.1, 0.15) is 5.65 Å². The van der Waals surface area contributed by atoms with Crippen LogP contribution in [0.1, 0.15) is 29.6 Å². The Balaban J connectivity index is 1.98. The number of Topliss-reactive ketones (excluding diaryl/α,β-unsaturated/α-hetero) is 1. The summed E-state index contributed by atoms with van der Waals surface area (Å²) in [5.74, 6) is 0.167. The van der Waals surface area contributed by atoms with E-state index in [0.29, 0.717) is 0 Å². The highest BCUT2D eigenvalue weighted by Gasteiger charge is 2.24. The maximum absolute atomic E-state index is 12.5. The van der Waals surface area contributed by atoms with E-state index in [2.05, 4.69) is 31.2 Å². The van der Waals surface area contributed by atoms with Crippen molar-refractivity contribution in [2.45, 2.75) is 25.3 Å². The van der Waals surface area contributed by atoms with E-state index in [0.717, 1.165) is 46.9 Å². The van der Waals surface area contributed by atoms with Gasteiger partial charge in [-0.1, -0.05) is 6.42 Å². The Labute approximate surface area is 113 Å². The summed E-state index contributed by atoms with van der Waals surface area (Å²) in [7, 11) is 0. The quantitative estimate of drug-likeness (QED) is 0.839. The number of halogens is 1. The van der Waals surface area contributed by atoms with E-state index in [4.69, 9.17) is 0 Å². The van der Waals surface area contributed by atoms with Gasteiger partial charge in [-0.25, -0.2) is 4.98 Å². The Bertz CT molecular complexity index is 587. The fourth-order valence-corrected chi connectivity index (χ4v) is 2.78. The second kappa shape index (κ2) is 4.82. The van der Waals surface area contributed by atoms with Crippen molar-refractivity contribution in [3.8, 4) is 0 Å². The maximum Gasteiger partial charge on any atom is 0.181 e. The zero-order valence-corrected chi connectivity index (χ0v) is 11.5. The van der Waals surface area contributed by atoms with E-state index in [1.165, 1.54) is 0 Å². The fourth-order valence-electron chi connectivity index (χ4n) is 2.45. The van der Waals surface area contributed by atoms with Gasteiger partial charge in [0.2, 0.25) is 0 Å². The highest BCUT2D eigenvalue weighted by Crippen LogP contribution is 2.23. The molecule has 4 nitrogen and oxygen atoms in total. The molecule has 1 fully saturated rings. The van der Waals surface area contributed by atoms with Crippen LogP contribution in [0.25, 0.3) is 11.0 Å². The second-order valence-electron chi connectivity index (χ2n) is 4.62. The molecule has 0 spiro atoms. The summed E-state index contributed by atoms with van der Waals surface area (Å²) in [5, 5.41) is 4.18. The molecule has 0 radical (unpaired) electrons. The number of rotatable bonds is 2. The van der Waals surface area contributed by atoms with Crippen LogP contribution < -0.4 is 5.32 Å². The molecular formula is C13H14BrN3O. The third kappa shape index (κ3) is 2.08. The Kier molecular flexibility index (Phi) is 3.18. The molecule has 18 heavy (non-hydrogen) atoms. The number of H-pyrrole nitrogens is 1. The van der Waals surface area contributed by atoms with E-state index < -0.39 is 0 Å². The highest BCUT2D eigenvalue weighted by molar-refractivity contribution is 9.10. The Morgan fingerprint density at radius 2 is 2.33 bits per heavy atom. The lowest BCUT2D eigenvalue weighted by Gasteiger charge is -2.21. The molecule has 1 atom stereocenters. The lowest BCUT2D eigenvalue weighted by Crippen LogP contribution is -2.40. The average Bonchev–Trinajstić information content (AvgIpc) is 2.82. The first-order chi connectivity index (χ1) is 8.75. The summed E-state index contributed by atoms with van der Waals surface area (Å²) in [4.78, 5) is 19.8. The molecule has 0 bridgehead atoms. The van der Waals surface area contributed by atoms with Gasteiger partial charge < -0.3 is 10.3 Å². The van der Waals surface area contributed by atoms with Gasteiger partial charge in [0.05, 0.1) is 6.04 Å². The van der Waals surface area contributed by atoms with Gasteiger partial charge in [0.15, 0.2) is 5.78 Å². The first-order valence-electron chi connectivity index (χ1n) is 6.16. The second-order valence-corrected chi connectivity index (χ2v) is 5.53. The molecule has 2 aromatic heterocycles. The number of pyridine rings is 1. The standard InChI is InChI=1S/C13H14BrN3O/c14-8-5-9-10(7-17-13(9)16-6-8)12(18)11-3-1-2-4-15-11/h5-7,11,15H,1-4H2,(H,16,17). The van der Waals surface area contributed by atoms with Crippen molar-refractivity contribution in [3.63, 3.8) is 0 Å². The monoisotopic (exact) mass is 307 g/mol. The van der Waals surface area contributed by atoms with Crippen molar-refractivity contribution in [1.29, 1.82) is 0 Å². The predicted molar refractivity (Wildman–Crippen MR) is 73.8 cm³/mol. The van der Waals surface area contributed by atoms with Gasteiger partial charge in [0, 0.05) is 27.8 Å². The molecule has 1 unspecified atom stereocenters. The zero-order valence-electron chi connectivity index (χ0n) is 9.87. The molecule has 5 heteroatoms. The van der Waals surface area contributed by atoms with Crippen LogP contribution in [0, 0.1) is 0 Å². The summed E-state index contributed by atoms with van der Waals surface area (Å²) in [6, 6.07) is 1.89. The number of nitrogens with one attached hydrogen (secondary N) is 2. The van der Waals surface area contributed by atoms with Crippen LogP contribution in [0.15, 0.2) is 22.9 Å². The van der Waals surface area contributed by atoms with Crippen LogP contribution >= 0.6 is 15.9 Å². The summed E-state index contributed by atoms with van der Waals surface area (Å²) in [6.07, 6.45) is 6.69. The number of fused-ring (bicyclic) bond motifs is 1. The highest BCUT2D eigenvalue weighted by atomic mass is 79.9. The molecule has 2 aromatic rings. The summed E-state index contributed by atoms with van der Waals surface area (Å²) in [5.41, 5.74) is 1.50. The molecule has 0 aromatic carbocycles. The number of aromatic nitrogens is 2. The molecule has 0 saturated carbocycles. The van der Waals surface area contributed by atoms with E-state index in [-0.39, 0.29) is 11.8 Å². The Morgan fingerprint density at radius 3 is 3.11 bits per heavy atom. The van der Waals surface area contributed by atoms with Crippen molar-refractivity contribution < 1.29 is 4.79 Å². The Hall–Kier alpha value is -1.20. The topological polar surface area (TPSA) is 57.8 Å². The summed E-state index contributed by atoms with van der Waals surface area (Å²) in [6.45, 7) is 0.931. The average molecular weight is 308 g/mol. The third-order valence-corrected chi connectivity index (χ3v) is 3.82. The smallest absolute Gasteiger partial charge is 0.181 e. The van der Waals surface area contributed by atoms with Crippen LogP contribution in [0.5, 0.6) is 0 Å². The zero-order chi connectivity index (χ0) is 12.5. The van der Waals surface area contributed by atoms with E-state index in [1.54, 1.807) is 12.4 Å². The molecule has 1 saturated heterocycles. The molecule has 0 aliphatic carbocycles. The summed E-state index contributed by atoms with van der Waals surface area (Å²) < 4.78 is 0.889. The van der Waals surface area contributed by atoms with Crippen LogP contribution in [0.4, 0.5) is 0 Å². The molecule has 3 heterocycles. The summed E-state index contributed by atoms with van der Waals surface area (Å²) >= 11 is 3.39. The minimum absolute atomic E-state index is 0.0447. The van der Waals surface area contributed by atoms with Crippen molar-refractivity contribution >= 4 is 32.7 Å². The minimum Gasteiger partial charge on any atom is -0.345 e. The van der Waals surface area contributed by atoms with Gasteiger partial charge in [-0.05, 0) is 41.4 Å². The first kappa shape index (κ1) is 11.9. The van der Waals surface area contributed by atoms with E-state index in [9.17, 15) is 4.79 Å². The van der Waals surface area contributed by atoms with Crippen LogP contribution in [0.2, 0.25) is 0 Å².